The maximum absolute atomic E-state index is 14.3. The highest BCUT2D eigenvalue weighted by molar-refractivity contribution is 5.88. The van der Waals surface area contributed by atoms with E-state index in [-0.39, 0.29) is 44.8 Å². The summed E-state index contributed by atoms with van der Waals surface area (Å²) in [6.07, 6.45) is -9.54. The minimum atomic E-state index is -1.97. The number of rotatable bonds is 13. The number of ether oxygens (including phenoxy) is 8. The van der Waals surface area contributed by atoms with Crippen molar-refractivity contribution >= 4 is 11.7 Å². The Kier molecular flexibility index (Phi) is 18.6. The Morgan fingerprint density at radius 2 is 1.58 bits per heavy atom. The number of hydrogen-bond acceptors (Lipinski definition) is 17. The van der Waals surface area contributed by atoms with Gasteiger partial charge in [0.1, 0.15) is 23.9 Å². The van der Waals surface area contributed by atoms with Gasteiger partial charge in [0.2, 0.25) is 6.79 Å². The van der Waals surface area contributed by atoms with Crippen molar-refractivity contribution in [3.05, 3.63) is 0 Å². The van der Waals surface area contributed by atoms with E-state index in [0.717, 1.165) is 0 Å². The summed E-state index contributed by atoms with van der Waals surface area (Å²) in [7, 11) is 4.77. The lowest BCUT2D eigenvalue weighted by Crippen LogP contribution is -2.61. The van der Waals surface area contributed by atoms with Gasteiger partial charge in [-0.3, -0.25) is 4.79 Å². The van der Waals surface area contributed by atoms with Crippen molar-refractivity contribution in [1.29, 1.82) is 0 Å². The minimum absolute atomic E-state index is 0.0323. The van der Waals surface area contributed by atoms with Crippen LogP contribution >= 0.6 is 0 Å². The van der Waals surface area contributed by atoms with E-state index in [4.69, 9.17) is 42.7 Å². The van der Waals surface area contributed by atoms with Crippen molar-refractivity contribution in [3.63, 3.8) is 0 Å². The average molecular weight is 823 g/mol. The van der Waals surface area contributed by atoms with Gasteiger partial charge in [0.05, 0.1) is 66.6 Å². The summed E-state index contributed by atoms with van der Waals surface area (Å²) in [4.78, 5) is 19.8. The second-order valence-electron chi connectivity index (χ2n) is 17.1. The van der Waals surface area contributed by atoms with Crippen LogP contribution in [0.3, 0.4) is 0 Å². The molecule has 57 heavy (non-hydrogen) atoms. The Hall–Kier alpha value is -1.58. The number of carbonyl (C=O) groups is 1. The molecule has 3 saturated heterocycles. The topological polar surface area (TPSA) is 226 Å². The fourth-order valence-electron chi connectivity index (χ4n) is 8.73. The van der Waals surface area contributed by atoms with E-state index >= 15 is 0 Å². The first-order valence-corrected chi connectivity index (χ1v) is 20.4. The third kappa shape index (κ3) is 12.0. The van der Waals surface area contributed by atoms with Gasteiger partial charge in [-0.05, 0) is 67.9 Å². The molecular weight excluding hydrogens is 748 g/mol. The number of carbonyl (C=O) groups excluding carboxylic acids is 1. The Morgan fingerprint density at radius 3 is 2.18 bits per heavy atom. The molecule has 0 aromatic rings. The zero-order valence-corrected chi connectivity index (χ0v) is 36.4. The molecule has 334 valence electrons. The lowest BCUT2D eigenvalue weighted by atomic mass is 9.73. The van der Waals surface area contributed by atoms with E-state index in [2.05, 4.69) is 10.5 Å². The first kappa shape index (κ1) is 49.8. The van der Waals surface area contributed by atoms with Crippen LogP contribution in [-0.2, 0) is 47.5 Å². The molecule has 0 unspecified atom stereocenters. The van der Waals surface area contributed by atoms with Crippen LogP contribution in [0.1, 0.15) is 94.9 Å². The van der Waals surface area contributed by atoms with Crippen LogP contribution < -0.4 is 5.32 Å². The number of aliphatic hydroxyl groups excluding tert-OH is 3. The molecule has 0 amide bonds. The Morgan fingerprint density at radius 1 is 0.912 bits per heavy atom. The summed E-state index contributed by atoms with van der Waals surface area (Å²) < 4.78 is 47.9. The predicted molar refractivity (Wildman–Crippen MR) is 208 cm³/mol. The predicted octanol–water partition coefficient (Wildman–Crippen LogP) is 1.87. The van der Waals surface area contributed by atoms with Crippen molar-refractivity contribution in [2.45, 2.75) is 179 Å². The van der Waals surface area contributed by atoms with Gasteiger partial charge >= 0.3 is 5.97 Å². The summed E-state index contributed by atoms with van der Waals surface area (Å²) in [5.74, 6) is -4.14. The standard InChI is InChI=1S/C40H74N2O15/c1-14-28-40(10,48)33(44)23(4)30(42-52-20-51-16-15-49-12)21(2)18-38(8,47)35(57-37-31(43)27(41-11)17-22(3)53-37)24(5)32(25(6)36(46)55-28)56-29-19-39(9,50-13)34(45)26(7)54-29/h21-29,31-35,37,41,43-45,47-48H,14-20H2,1-13H3/b42-30-/t21-,22-,23+,24+,25-,26+,27+,28-,29+,31-,32+,33-,34+,35-,37+,38-,39-,40-/m1/s1. The average Bonchev–Trinajstić information content (AvgIpc) is 3.15. The van der Waals surface area contributed by atoms with E-state index in [0.29, 0.717) is 18.7 Å². The maximum atomic E-state index is 14.3. The van der Waals surface area contributed by atoms with Crippen molar-refractivity contribution in [2.24, 2.45) is 28.8 Å². The van der Waals surface area contributed by atoms with Crippen LogP contribution in [0, 0.1) is 23.7 Å². The highest BCUT2D eigenvalue weighted by Crippen LogP contribution is 2.41. The van der Waals surface area contributed by atoms with Gasteiger partial charge in [0.15, 0.2) is 12.6 Å². The van der Waals surface area contributed by atoms with Gasteiger partial charge in [-0.15, -0.1) is 0 Å². The second-order valence-corrected chi connectivity index (χ2v) is 17.1. The summed E-state index contributed by atoms with van der Waals surface area (Å²) >= 11 is 0. The molecule has 0 radical (unpaired) electrons. The smallest absolute Gasteiger partial charge is 0.311 e. The molecular formula is C40H74N2O15. The molecule has 0 bridgehead atoms. The number of aliphatic hydroxyl groups is 5. The van der Waals surface area contributed by atoms with E-state index in [1.807, 2.05) is 6.92 Å². The van der Waals surface area contributed by atoms with Crippen LogP contribution in [0.25, 0.3) is 0 Å². The molecule has 3 rings (SSSR count). The SMILES string of the molecule is CC[C@H]1OC(=O)[C@H](C)[C@@H](O[C@H]2C[C@@](C)(OC)[C@@H](O)[C@H](C)O2)[C@H](C)[C@@H](O[C@@H]2O[C@H](C)C[C@H](NC)[C@H]2O)[C@](C)(O)C[C@@H](C)/C(=N/OCOCCOC)[C@H](C)[C@@H](O)[C@]1(C)O. The first-order chi connectivity index (χ1) is 26.6. The van der Waals surface area contributed by atoms with E-state index in [9.17, 15) is 30.3 Å². The number of esters is 1. The number of cyclic esters (lactones) is 1. The zero-order chi connectivity index (χ0) is 43.0. The van der Waals surface area contributed by atoms with Crippen LogP contribution in [0.15, 0.2) is 5.16 Å². The maximum Gasteiger partial charge on any atom is 0.311 e. The van der Waals surface area contributed by atoms with Gasteiger partial charge < -0.3 is 73.6 Å². The molecule has 3 aliphatic rings. The molecule has 17 nitrogen and oxygen atoms in total. The fourth-order valence-corrected chi connectivity index (χ4v) is 8.73. The molecule has 6 N–H and O–H groups in total. The number of nitrogens with zero attached hydrogens (tertiary/aromatic N) is 1. The van der Waals surface area contributed by atoms with Crippen LogP contribution in [0.4, 0.5) is 0 Å². The minimum Gasteiger partial charge on any atom is -0.459 e. The Balaban J connectivity index is 2.21. The molecule has 3 aliphatic heterocycles. The number of hydrogen-bond donors (Lipinski definition) is 6. The summed E-state index contributed by atoms with van der Waals surface area (Å²) in [5.41, 5.74) is -4.49. The summed E-state index contributed by atoms with van der Waals surface area (Å²) in [6.45, 7) is 17.2. The van der Waals surface area contributed by atoms with Crippen molar-refractivity contribution in [1.82, 2.24) is 5.32 Å². The summed E-state index contributed by atoms with van der Waals surface area (Å²) in [6, 6.07) is -0.379. The number of nitrogens with one attached hydrogen (secondary N) is 1. The third-order valence-corrected chi connectivity index (χ3v) is 12.3. The van der Waals surface area contributed by atoms with E-state index in [1.165, 1.54) is 14.0 Å². The first-order valence-electron chi connectivity index (χ1n) is 20.4. The van der Waals surface area contributed by atoms with E-state index in [1.54, 1.807) is 69.5 Å². The highest BCUT2D eigenvalue weighted by Gasteiger charge is 2.53. The summed E-state index contributed by atoms with van der Waals surface area (Å²) in [5, 5.41) is 66.4. The van der Waals surface area contributed by atoms with Crippen LogP contribution in [0.2, 0.25) is 0 Å². The van der Waals surface area contributed by atoms with Gasteiger partial charge in [0.25, 0.3) is 0 Å². The Labute approximate surface area is 339 Å². The largest absolute Gasteiger partial charge is 0.459 e. The van der Waals surface area contributed by atoms with Crippen LogP contribution in [-0.4, -0.2) is 163 Å². The monoisotopic (exact) mass is 823 g/mol. The molecule has 0 aliphatic carbocycles. The number of likely N-dealkylation sites (N-methyl/N-ethyl adjacent to an activating group) is 1. The second kappa shape index (κ2) is 21.3. The normalized spacial score (nSPS) is 46.3. The highest BCUT2D eigenvalue weighted by atomic mass is 16.7. The number of methoxy groups -OCH3 is 2. The van der Waals surface area contributed by atoms with Gasteiger partial charge in [-0.25, -0.2) is 0 Å². The van der Waals surface area contributed by atoms with Gasteiger partial charge in [0, 0.05) is 44.4 Å². The van der Waals surface area contributed by atoms with Gasteiger partial charge in [-0.2, -0.15) is 0 Å². The quantitative estimate of drug-likeness (QED) is 0.0675. The Bertz CT molecular complexity index is 1270. The van der Waals surface area contributed by atoms with Crippen molar-refractivity contribution in [3.8, 4) is 0 Å². The molecule has 0 saturated carbocycles. The molecule has 0 aromatic carbocycles. The van der Waals surface area contributed by atoms with Crippen molar-refractivity contribution < 1.29 is 73.1 Å². The van der Waals surface area contributed by atoms with Gasteiger partial charge in [-0.1, -0.05) is 32.9 Å². The molecule has 0 spiro atoms. The molecule has 17 heteroatoms. The molecule has 18 atom stereocenters. The third-order valence-electron chi connectivity index (χ3n) is 12.3. The molecule has 3 fully saturated rings. The molecule has 3 heterocycles. The number of oxime groups is 1. The zero-order valence-electron chi connectivity index (χ0n) is 36.4. The lowest BCUT2D eigenvalue weighted by molar-refractivity contribution is -0.315. The lowest BCUT2D eigenvalue weighted by Gasteiger charge is -2.49. The van der Waals surface area contributed by atoms with E-state index < -0.39 is 102 Å². The van der Waals surface area contributed by atoms with Crippen LogP contribution in [0.5, 0.6) is 0 Å². The molecule has 0 aromatic heterocycles. The van der Waals surface area contributed by atoms with Crippen molar-refractivity contribution in [2.75, 3.05) is 41.3 Å². The fraction of sp³-hybridized carbons (Fsp3) is 0.950.